The molecule has 12 rings (SSSR count). The Morgan fingerprint density at radius 3 is 2.38 bits per heavy atom. The summed E-state index contributed by atoms with van der Waals surface area (Å²) in [5.74, 6) is 3.44. The molecule has 6 aromatic rings. The molecule has 0 radical (unpaired) electrons. The summed E-state index contributed by atoms with van der Waals surface area (Å²) in [7, 11) is 0.997. The number of carbonyl (C=O) groups excluding carboxylic acids is 2. The number of likely N-dealkylation sites (tertiary alicyclic amines) is 1. The van der Waals surface area contributed by atoms with Gasteiger partial charge in [-0.1, -0.05) is 59.6 Å². The van der Waals surface area contributed by atoms with Gasteiger partial charge in [0.25, 0.3) is 0 Å². The van der Waals surface area contributed by atoms with Crippen molar-refractivity contribution in [3.05, 3.63) is 65.2 Å². The number of aromatic nitrogens is 5. The number of hydrogen-bond donors (Lipinski definition) is 2. The predicted octanol–water partition coefficient (Wildman–Crippen LogP) is 10.5. The van der Waals surface area contributed by atoms with E-state index in [9.17, 15) is 19.5 Å². The fourth-order valence-corrected chi connectivity index (χ4v) is 19.7. The van der Waals surface area contributed by atoms with Crippen LogP contribution in [0.25, 0.3) is 43.8 Å². The van der Waals surface area contributed by atoms with Crippen LogP contribution in [0.2, 0.25) is 16.6 Å². The SMILES string of the molecule is COCOc1cc(-c2nc3c4c(nc(OCC5(CN6CCC(c7ccc8c(N9CCC(=O)NC9=O)nn(C)c8c7)CC6)CC5)nc4c2F)N2C[C@H]4CC[C@@H]([C@H]2CCO3)N4C(=O)O)c2c(C#C[Si](C(C)C)(C(C)C)C(C)C)c(F)ccc2c1. The van der Waals surface area contributed by atoms with Crippen LogP contribution in [0.3, 0.4) is 0 Å². The normalized spacial score (nSPS) is 21.0. The number of nitrogens with one attached hydrogen (secondary N) is 1. The van der Waals surface area contributed by atoms with Crippen LogP contribution in [0.1, 0.15) is 110 Å². The quantitative estimate of drug-likeness (QED) is 0.0595. The molecule has 1 saturated carbocycles. The lowest BCUT2D eigenvalue weighted by Crippen LogP contribution is -2.62. The fourth-order valence-electron chi connectivity index (χ4n) is 14.5. The second-order valence-corrected chi connectivity index (χ2v) is 30.1. The van der Waals surface area contributed by atoms with E-state index >= 15 is 8.78 Å². The van der Waals surface area contributed by atoms with Gasteiger partial charge in [-0.2, -0.15) is 15.1 Å². The number of urea groups is 1. The number of halogens is 2. The van der Waals surface area contributed by atoms with Gasteiger partial charge >= 0.3 is 18.1 Å². The van der Waals surface area contributed by atoms with E-state index in [2.05, 4.69) is 85.4 Å². The Hall–Kier alpha value is -7.15. The molecule has 4 saturated heterocycles. The molecule has 3 aromatic carbocycles. The lowest BCUT2D eigenvalue weighted by Gasteiger charge is -2.47. The number of hydrogen-bond acceptors (Lipinski definition) is 13. The lowest BCUT2D eigenvalue weighted by atomic mass is 9.88. The summed E-state index contributed by atoms with van der Waals surface area (Å²) in [6.45, 7) is 16.7. The summed E-state index contributed by atoms with van der Waals surface area (Å²) in [6.07, 6.45) is 4.82. The third kappa shape index (κ3) is 9.70. The molecule has 5 aliphatic heterocycles. The first-order valence-electron chi connectivity index (χ1n) is 29.0. The van der Waals surface area contributed by atoms with Crippen LogP contribution >= 0.6 is 0 Å². The van der Waals surface area contributed by atoms with Gasteiger partial charge in [0.2, 0.25) is 11.8 Å². The third-order valence-electron chi connectivity index (χ3n) is 18.8. The van der Waals surface area contributed by atoms with Gasteiger partial charge in [-0.05, 0) is 115 Å². The maximum absolute atomic E-state index is 18.4. The molecule has 0 spiro atoms. The first-order valence-corrected chi connectivity index (χ1v) is 31.3. The van der Waals surface area contributed by atoms with Gasteiger partial charge < -0.3 is 33.9 Å². The Labute approximate surface area is 476 Å². The van der Waals surface area contributed by atoms with Crippen molar-refractivity contribution in [3.8, 4) is 40.4 Å². The molecule has 82 heavy (non-hydrogen) atoms. The van der Waals surface area contributed by atoms with E-state index in [1.807, 2.05) is 13.1 Å². The zero-order valence-corrected chi connectivity index (χ0v) is 49.0. The molecule has 18 nitrogen and oxygen atoms in total. The van der Waals surface area contributed by atoms with Crippen molar-refractivity contribution in [3.63, 3.8) is 0 Å². The minimum absolute atomic E-state index is 0.0121. The van der Waals surface area contributed by atoms with Crippen molar-refractivity contribution < 1.29 is 47.2 Å². The van der Waals surface area contributed by atoms with Gasteiger partial charge in [-0.25, -0.2) is 23.4 Å². The lowest BCUT2D eigenvalue weighted by molar-refractivity contribution is -0.120. The highest BCUT2D eigenvalue weighted by atomic mass is 28.3. The van der Waals surface area contributed by atoms with Crippen LogP contribution in [-0.2, 0) is 16.6 Å². The molecule has 4 amide bonds. The van der Waals surface area contributed by atoms with Gasteiger partial charge in [0.05, 0.1) is 42.4 Å². The molecular weight excluding hydrogens is 1070 g/mol. The first-order chi connectivity index (χ1) is 39.4. The topological polar surface area (TPSA) is 190 Å². The number of ether oxygens (including phenoxy) is 4. The monoisotopic (exact) mass is 1140 g/mol. The molecule has 2 bridgehead atoms. The van der Waals surface area contributed by atoms with E-state index in [-0.39, 0.29) is 112 Å². The zero-order chi connectivity index (χ0) is 57.5. The summed E-state index contributed by atoms with van der Waals surface area (Å²) >= 11 is 0. The number of methoxy groups -OCH3 is 1. The van der Waals surface area contributed by atoms with Crippen molar-refractivity contribution in [1.82, 2.24) is 39.8 Å². The molecule has 1 aliphatic carbocycles. The van der Waals surface area contributed by atoms with Crippen molar-refractivity contribution >= 4 is 70.3 Å². The van der Waals surface area contributed by atoms with Gasteiger partial charge in [0.15, 0.2) is 18.4 Å². The van der Waals surface area contributed by atoms with Crippen molar-refractivity contribution in [1.29, 1.82) is 0 Å². The van der Waals surface area contributed by atoms with E-state index in [0.717, 1.165) is 56.2 Å². The molecule has 0 unspecified atom stereocenters. The zero-order valence-electron chi connectivity index (χ0n) is 48.0. The van der Waals surface area contributed by atoms with Crippen LogP contribution in [0.15, 0.2) is 42.5 Å². The van der Waals surface area contributed by atoms with E-state index in [1.165, 1.54) is 23.6 Å². The molecule has 8 heterocycles. The first kappa shape index (κ1) is 55.4. The van der Waals surface area contributed by atoms with Crippen molar-refractivity contribution in [2.45, 2.75) is 134 Å². The van der Waals surface area contributed by atoms with E-state index in [1.54, 1.807) is 27.8 Å². The molecule has 5 fully saturated rings. The molecule has 21 heteroatoms. The number of carbonyl (C=O) groups is 3. The minimum Gasteiger partial charge on any atom is -0.477 e. The summed E-state index contributed by atoms with van der Waals surface area (Å²) < 4.78 is 61.5. The Morgan fingerprint density at radius 1 is 0.902 bits per heavy atom. The highest BCUT2D eigenvalue weighted by Crippen LogP contribution is 2.50. The molecular formula is C61H72F2N10O8Si. The van der Waals surface area contributed by atoms with E-state index in [0.29, 0.717) is 66.5 Å². The van der Waals surface area contributed by atoms with Gasteiger partial charge in [-0.15, -0.1) is 5.54 Å². The van der Waals surface area contributed by atoms with E-state index in [4.69, 9.17) is 33.9 Å². The summed E-state index contributed by atoms with van der Waals surface area (Å²) in [5.41, 5.74) is 6.65. The molecule has 432 valence electrons. The highest BCUT2D eigenvalue weighted by molar-refractivity contribution is 6.90. The highest BCUT2D eigenvalue weighted by Gasteiger charge is 2.51. The van der Waals surface area contributed by atoms with Gasteiger partial charge in [-0.3, -0.25) is 24.6 Å². The second kappa shape index (κ2) is 21.6. The maximum atomic E-state index is 18.4. The van der Waals surface area contributed by atoms with Crippen LogP contribution in [0.4, 0.5) is 30.0 Å². The summed E-state index contributed by atoms with van der Waals surface area (Å²) in [5, 5.41) is 19.6. The number of benzene rings is 3. The molecule has 2 N–H and O–H groups in total. The number of piperazine rings is 1. The average molecular weight is 1140 g/mol. The van der Waals surface area contributed by atoms with Gasteiger partial charge in [0, 0.05) is 68.4 Å². The number of anilines is 2. The van der Waals surface area contributed by atoms with Crippen molar-refractivity contribution in [2.24, 2.45) is 12.5 Å². The Balaban J connectivity index is 0.883. The van der Waals surface area contributed by atoms with Crippen LogP contribution in [0.5, 0.6) is 17.6 Å². The Bertz CT molecular complexity index is 3590. The number of rotatable bonds is 14. The maximum Gasteiger partial charge on any atom is 0.407 e. The number of fused-ring (bicyclic) bond motifs is 7. The smallest absolute Gasteiger partial charge is 0.407 e. The summed E-state index contributed by atoms with van der Waals surface area (Å²) in [6, 6.07) is 11.4. The molecule has 6 aliphatic rings. The predicted molar refractivity (Wildman–Crippen MR) is 310 cm³/mol. The largest absolute Gasteiger partial charge is 0.477 e. The molecule has 3 aromatic heterocycles. The van der Waals surface area contributed by atoms with Crippen LogP contribution < -0.4 is 29.3 Å². The number of amides is 4. The minimum atomic E-state index is -2.39. The second-order valence-electron chi connectivity index (χ2n) is 24.5. The fraction of sp³-hybridized carbons (Fsp3) is 0.525. The third-order valence-corrected chi connectivity index (χ3v) is 25.1. The number of carboxylic acid groups (broad SMARTS) is 1. The Kier molecular flexibility index (Phi) is 14.6. The standard InChI is InChI=1S/C61H72F2N10O8Si/c1-34(2)82(35(3)4,36(5)6)26-19-42-45(62)13-10-39-27-41(81-33-78-8)29-44(50(39)42)53-52(63)54-51-56(72-30-40-11-14-47(73(40)60(76)77)46(72)18-25-79-57(51)65-53)67-58(66-54)80-32-61(20-21-61)31-70-22-15-37(16-23-70)38-9-12-43-48(28-38)69(7)68-55(43)71-24-17-49(74)64-59(71)75/h9-10,12-13,27-29,34-37,40,46-47H,11,14-18,20-25,30-33H2,1-8H3,(H,76,77)(H,64,74,75)/t40-,46-,47+/m1/s1. The average Bonchev–Trinajstić information content (AvgIpc) is 3.89. The van der Waals surface area contributed by atoms with Crippen molar-refractivity contribution in [2.75, 3.05) is 69.6 Å². The van der Waals surface area contributed by atoms with Gasteiger partial charge in [0.1, 0.15) is 42.1 Å². The number of imide groups is 1. The van der Waals surface area contributed by atoms with Crippen LogP contribution in [-0.4, -0.2) is 144 Å². The Morgan fingerprint density at radius 2 is 1.67 bits per heavy atom. The number of piperidine rings is 1. The van der Waals surface area contributed by atoms with E-state index < -0.39 is 31.8 Å². The number of nitrogens with zero attached hydrogens (tertiary/aromatic N) is 9. The number of aryl methyl sites for hydroxylation is 1. The number of pyridine rings is 1. The summed E-state index contributed by atoms with van der Waals surface area (Å²) in [4.78, 5) is 60.0. The van der Waals surface area contributed by atoms with Crippen LogP contribution in [0, 0.1) is 28.5 Å². The molecule has 3 atom stereocenters.